The van der Waals surface area contributed by atoms with Crippen molar-refractivity contribution in [1.82, 2.24) is 24.3 Å². The molecule has 0 aliphatic heterocycles. The van der Waals surface area contributed by atoms with Gasteiger partial charge in [-0.15, -0.1) is 10.2 Å². The Bertz CT molecular complexity index is 1040. The molecule has 4 aromatic rings. The summed E-state index contributed by atoms with van der Waals surface area (Å²) in [5.74, 6) is 3.28. The number of hydrogen-bond acceptors (Lipinski definition) is 5. The highest BCUT2D eigenvalue weighted by Crippen LogP contribution is 2.30. The Kier molecular flexibility index (Phi) is 4.93. The lowest BCUT2D eigenvalue weighted by atomic mass is 10.2. The molecule has 0 unspecified atom stereocenters. The van der Waals surface area contributed by atoms with Gasteiger partial charge in [-0.2, -0.15) is 0 Å². The highest BCUT2D eigenvalue weighted by atomic mass is 32.2. The zero-order chi connectivity index (χ0) is 18.6. The van der Waals surface area contributed by atoms with Gasteiger partial charge in [0.25, 0.3) is 0 Å². The number of para-hydroxylation sites is 1. The molecular formula is C20H19N5OS. The summed E-state index contributed by atoms with van der Waals surface area (Å²) in [5.41, 5.74) is 1.97. The van der Waals surface area contributed by atoms with Gasteiger partial charge in [0, 0.05) is 30.7 Å². The normalized spacial score (nSPS) is 10.9. The summed E-state index contributed by atoms with van der Waals surface area (Å²) < 4.78 is 9.45. The summed E-state index contributed by atoms with van der Waals surface area (Å²) >= 11 is 1.61. The van der Waals surface area contributed by atoms with E-state index in [0.29, 0.717) is 5.75 Å². The lowest BCUT2D eigenvalue weighted by Gasteiger charge is -2.11. The van der Waals surface area contributed by atoms with Gasteiger partial charge in [0.1, 0.15) is 11.6 Å². The Morgan fingerprint density at radius 2 is 1.89 bits per heavy atom. The Morgan fingerprint density at radius 1 is 1.04 bits per heavy atom. The first-order chi connectivity index (χ1) is 13.3. The fourth-order valence-corrected chi connectivity index (χ4v) is 3.74. The van der Waals surface area contributed by atoms with Gasteiger partial charge in [0.2, 0.25) is 0 Å². The molecule has 0 radical (unpaired) electrons. The minimum Gasteiger partial charge on any atom is -0.497 e. The third kappa shape index (κ3) is 3.59. The summed E-state index contributed by atoms with van der Waals surface area (Å²) in [6.07, 6.45) is 3.75. The van der Waals surface area contributed by atoms with Crippen molar-refractivity contribution in [3.63, 3.8) is 0 Å². The molecule has 2 aromatic carbocycles. The van der Waals surface area contributed by atoms with Crippen molar-refractivity contribution >= 4 is 11.8 Å². The largest absolute Gasteiger partial charge is 0.497 e. The Hall–Kier alpha value is -3.06. The molecule has 0 amide bonds. The van der Waals surface area contributed by atoms with Crippen molar-refractivity contribution < 1.29 is 4.74 Å². The Labute approximate surface area is 161 Å². The van der Waals surface area contributed by atoms with Crippen molar-refractivity contribution in [2.24, 2.45) is 7.05 Å². The second-order valence-corrected chi connectivity index (χ2v) is 6.89. The highest BCUT2D eigenvalue weighted by Gasteiger charge is 2.17. The molecule has 27 heavy (non-hydrogen) atoms. The monoisotopic (exact) mass is 377 g/mol. The van der Waals surface area contributed by atoms with Crippen molar-refractivity contribution in [3.05, 3.63) is 72.8 Å². The van der Waals surface area contributed by atoms with Gasteiger partial charge in [-0.3, -0.25) is 4.57 Å². The number of methoxy groups -OCH3 is 1. The highest BCUT2D eigenvalue weighted by molar-refractivity contribution is 7.98. The minimum atomic E-state index is 0.715. The lowest BCUT2D eigenvalue weighted by molar-refractivity contribution is 0.415. The van der Waals surface area contributed by atoms with E-state index < -0.39 is 0 Å². The maximum Gasteiger partial charge on any atom is 0.196 e. The fraction of sp³-hybridized carbons (Fsp3) is 0.150. The molecule has 0 saturated carbocycles. The number of thioether (sulfide) groups is 1. The van der Waals surface area contributed by atoms with Crippen LogP contribution in [0.15, 0.2) is 72.1 Å². The zero-order valence-electron chi connectivity index (χ0n) is 15.1. The SMILES string of the molecule is COc1cccc(-c2nnc(SCc3nccn3C)n2-c2ccccc2)c1. The topological polar surface area (TPSA) is 57.8 Å². The smallest absolute Gasteiger partial charge is 0.196 e. The van der Waals surface area contributed by atoms with Crippen LogP contribution in [0.25, 0.3) is 17.1 Å². The van der Waals surface area contributed by atoms with Crippen molar-refractivity contribution in [1.29, 1.82) is 0 Å². The first kappa shape index (κ1) is 17.4. The van der Waals surface area contributed by atoms with E-state index in [0.717, 1.165) is 33.8 Å². The van der Waals surface area contributed by atoms with Crippen LogP contribution in [0.1, 0.15) is 5.82 Å². The molecule has 0 fully saturated rings. The van der Waals surface area contributed by atoms with Crippen molar-refractivity contribution in [2.45, 2.75) is 10.9 Å². The summed E-state index contributed by atoms with van der Waals surface area (Å²) in [7, 11) is 3.65. The molecule has 6 nitrogen and oxygen atoms in total. The molecule has 0 aliphatic rings. The first-order valence-corrected chi connectivity index (χ1v) is 9.49. The molecule has 0 atom stereocenters. The average Bonchev–Trinajstić information content (AvgIpc) is 3.33. The molecule has 136 valence electrons. The summed E-state index contributed by atoms with van der Waals surface area (Å²) in [6.45, 7) is 0. The maximum atomic E-state index is 5.36. The van der Waals surface area contributed by atoms with Crippen LogP contribution in [0.2, 0.25) is 0 Å². The predicted octanol–water partition coefficient (Wildman–Crippen LogP) is 3.97. The third-order valence-corrected chi connectivity index (χ3v) is 5.15. The number of ether oxygens (including phenoxy) is 1. The van der Waals surface area contributed by atoms with Gasteiger partial charge in [-0.25, -0.2) is 4.98 Å². The quantitative estimate of drug-likeness (QED) is 0.476. The van der Waals surface area contributed by atoms with Crippen LogP contribution in [0.5, 0.6) is 5.75 Å². The maximum absolute atomic E-state index is 5.36. The van der Waals surface area contributed by atoms with Gasteiger partial charge < -0.3 is 9.30 Å². The van der Waals surface area contributed by atoms with Gasteiger partial charge in [-0.05, 0) is 24.3 Å². The van der Waals surface area contributed by atoms with E-state index in [1.54, 1.807) is 25.1 Å². The minimum absolute atomic E-state index is 0.715. The number of benzene rings is 2. The summed E-state index contributed by atoms with van der Waals surface area (Å²) in [5, 5.41) is 9.74. The number of aromatic nitrogens is 5. The molecule has 0 saturated heterocycles. The van der Waals surface area contributed by atoms with Gasteiger partial charge in [0.15, 0.2) is 11.0 Å². The number of aryl methyl sites for hydroxylation is 1. The van der Waals surface area contributed by atoms with E-state index in [1.807, 2.05) is 60.3 Å². The first-order valence-electron chi connectivity index (χ1n) is 8.50. The van der Waals surface area contributed by atoms with E-state index in [2.05, 4.69) is 31.9 Å². The van der Waals surface area contributed by atoms with Gasteiger partial charge in [0.05, 0.1) is 12.9 Å². The number of nitrogens with zero attached hydrogens (tertiary/aromatic N) is 5. The Balaban J connectivity index is 1.75. The van der Waals surface area contributed by atoms with Crippen molar-refractivity contribution in [2.75, 3.05) is 7.11 Å². The summed E-state index contributed by atoms with van der Waals surface area (Å²) in [6, 6.07) is 18.0. The van der Waals surface area contributed by atoms with Crippen LogP contribution >= 0.6 is 11.8 Å². The molecule has 2 aromatic heterocycles. The van der Waals surface area contributed by atoms with E-state index in [9.17, 15) is 0 Å². The number of hydrogen-bond donors (Lipinski definition) is 0. The van der Waals surface area contributed by atoms with Crippen LogP contribution in [0, 0.1) is 0 Å². The molecule has 4 rings (SSSR count). The van der Waals surface area contributed by atoms with E-state index in [4.69, 9.17) is 4.74 Å². The van der Waals surface area contributed by atoms with E-state index in [1.165, 1.54) is 0 Å². The molecule has 0 bridgehead atoms. The second kappa shape index (κ2) is 7.67. The van der Waals surface area contributed by atoms with Crippen LogP contribution in [0.4, 0.5) is 0 Å². The Morgan fingerprint density at radius 3 is 2.63 bits per heavy atom. The van der Waals surface area contributed by atoms with Crippen LogP contribution < -0.4 is 4.74 Å². The predicted molar refractivity (Wildman–Crippen MR) is 106 cm³/mol. The van der Waals surface area contributed by atoms with Gasteiger partial charge >= 0.3 is 0 Å². The van der Waals surface area contributed by atoms with E-state index >= 15 is 0 Å². The molecule has 7 heteroatoms. The fourth-order valence-electron chi connectivity index (χ4n) is 2.79. The molecule has 2 heterocycles. The van der Waals surface area contributed by atoms with Crippen LogP contribution in [0.3, 0.4) is 0 Å². The molecule has 0 N–H and O–H groups in total. The van der Waals surface area contributed by atoms with Crippen molar-refractivity contribution in [3.8, 4) is 22.8 Å². The van der Waals surface area contributed by atoms with E-state index in [-0.39, 0.29) is 0 Å². The molecular weight excluding hydrogens is 358 g/mol. The average molecular weight is 377 g/mol. The lowest BCUT2D eigenvalue weighted by Crippen LogP contribution is -2.01. The second-order valence-electron chi connectivity index (χ2n) is 5.95. The van der Waals surface area contributed by atoms with Crippen LogP contribution in [-0.2, 0) is 12.8 Å². The molecule has 0 aliphatic carbocycles. The number of imidazole rings is 1. The zero-order valence-corrected chi connectivity index (χ0v) is 15.9. The third-order valence-electron chi connectivity index (χ3n) is 4.23. The van der Waals surface area contributed by atoms with Gasteiger partial charge in [-0.1, -0.05) is 42.1 Å². The summed E-state index contributed by atoms with van der Waals surface area (Å²) in [4.78, 5) is 4.39. The number of rotatable bonds is 6. The van der Waals surface area contributed by atoms with Crippen LogP contribution in [-0.4, -0.2) is 31.4 Å². The standard InChI is InChI=1S/C20H19N5OS/c1-24-12-11-21-18(24)14-27-20-23-22-19(15-7-6-10-17(13-15)26-2)25(20)16-8-4-3-5-9-16/h3-13H,14H2,1-2H3. The molecule has 0 spiro atoms.